The summed E-state index contributed by atoms with van der Waals surface area (Å²) in [6, 6.07) is 18.6. The molecule has 2 aromatic rings. The summed E-state index contributed by atoms with van der Waals surface area (Å²) in [4.78, 5) is 11.9. The molecule has 0 aliphatic rings. The highest BCUT2D eigenvalue weighted by Crippen LogP contribution is 2.05. The van der Waals surface area contributed by atoms with E-state index in [2.05, 4.69) is 41.8 Å². The number of nitrogens with one attached hydrogen (secondary N) is 2. The summed E-state index contributed by atoms with van der Waals surface area (Å²) < 4.78 is 0. The van der Waals surface area contributed by atoms with Gasteiger partial charge in [-0.25, -0.2) is 4.79 Å². The van der Waals surface area contributed by atoms with Crippen LogP contribution >= 0.6 is 0 Å². The van der Waals surface area contributed by atoms with E-state index in [1.54, 1.807) is 0 Å². The number of urea groups is 1. The van der Waals surface area contributed by atoms with Crippen molar-refractivity contribution in [1.82, 2.24) is 10.6 Å². The Hall–Kier alpha value is -2.29. The molecule has 3 heteroatoms. The summed E-state index contributed by atoms with van der Waals surface area (Å²) >= 11 is 0. The van der Waals surface area contributed by atoms with E-state index in [9.17, 15) is 4.79 Å². The molecule has 0 aliphatic carbocycles. The van der Waals surface area contributed by atoms with Crippen LogP contribution in [0.25, 0.3) is 0 Å². The molecular weight excluding hydrogens is 272 g/mol. The second-order valence-electron chi connectivity index (χ2n) is 5.74. The first-order chi connectivity index (χ1) is 10.6. The topological polar surface area (TPSA) is 41.1 Å². The number of carbonyl (C=O) groups excluding carboxylic acids is 1. The Morgan fingerprint density at radius 3 is 2.36 bits per heavy atom. The first-order valence-corrected chi connectivity index (χ1v) is 7.77. The van der Waals surface area contributed by atoms with Crippen LogP contribution in [0.5, 0.6) is 0 Å². The van der Waals surface area contributed by atoms with Gasteiger partial charge in [-0.15, -0.1) is 0 Å². The predicted octanol–water partition coefficient (Wildman–Crippen LogP) is 3.82. The maximum Gasteiger partial charge on any atom is 0.315 e. The SMILES string of the molecule is Cc1ccc(CNC(=O)NC(C)CCc2ccccc2)cc1. The molecule has 0 aromatic heterocycles. The molecule has 0 spiro atoms. The molecule has 0 aliphatic heterocycles. The van der Waals surface area contributed by atoms with Crippen LogP contribution in [0, 0.1) is 6.92 Å². The lowest BCUT2D eigenvalue weighted by molar-refractivity contribution is 0.237. The average Bonchev–Trinajstić information content (AvgIpc) is 2.53. The molecule has 116 valence electrons. The minimum atomic E-state index is -0.110. The van der Waals surface area contributed by atoms with Gasteiger partial charge in [0.1, 0.15) is 0 Å². The molecule has 0 heterocycles. The van der Waals surface area contributed by atoms with Crippen LogP contribution in [0.2, 0.25) is 0 Å². The highest BCUT2D eigenvalue weighted by Gasteiger charge is 2.07. The summed E-state index contributed by atoms with van der Waals surface area (Å²) in [5.74, 6) is 0. The quantitative estimate of drug-likeness (QED) is 0.836. The van der Waals surface area contributed by atoms with Gasteiger partial charge < -0.3 is 10.6 Å². The number of carbonyl (C=O) groups is 1. The first-order valence-electron chi connectivity index (χ1n) is 7.77. The number of benzene rings is 2. The van der Waals surface area contributed by atoms with Gasteiger partial charge in [0.15, 0.2) is 0 Å². The molecule has 2 rings (SSSR count). The van der Waals surface area contributed by atoms with E-state index in [4.69, 9.17) is 0 Å². The molecule has 2 N–H and O–H groups in total. The zero-order valence-corrected chi connectivity index (χ0v) is 13.3. The summed E-state index contributed by atoms with van der Waals surface area (Å²) in [6.45, 7) is 4.64. The molecule has 3 nitrogen and oxygen atoms in total. The van der Waals surface area contributed by atoms with Gasteiger partial charge in [-0.2, -0.15) is 0 Å². The molecule has 1 atom stereocenters. The van der Waals surface area contributed by atoms with Crippen molar-refractivity contribution >= 4 is 6.03 Å². The fraction of sp³-hybridized carbons (Fsp3) is 0.316. The maximum absolute atomic E-state index is 11.9. The van der Waals surface area contributed by atoms with Gasteiger partial charge in [-0.3, -0.25) is 0 Å². The number of rotatable bonds is 6. The number of hydrogen-bond acceptors (Lipinski definition) is 1. The normalized spacial score (nSPS) is 11.7. The summed E-state index contributed by atoms with van der Waals surface area (Å²) in [7, 11) is 0. The van der Waals surface area contributed by atoms with Crippen molar-refractivity contribution in [3.8, 4) is 0 Å². The molecular formula is C19H24N2O. The zero-order valence-electron chi connectivity index (χ0n) is 13.3. The lowest BCUT2D eigenvalue weighted by Crippen LogP contribution is -2.40. The van der Waals surface area contributed by atoms with E-state index in [0.717, 1.165) is 18.4 Å². The van der Waals surface area contributed by atoms with Crippen molar-refractivity contribution in [2.75, 3.05) is 0 Å². The van der Waals surface area contributed by atoms with E-state index in [0.29, 0.717) is 6.54 Å². The zero-order chi connectivity index (χ0) is 15.8. The standard InChI is InChI=1S/C19H24N2O/c1-15-8-11-18(12-9-15)14-20-19(22)21-16(2)10-13-17-6-4-3-5-7-17/h3-9,11-12,16H,10,13-14H2,1-2H3,(H2,20,21,22). The fourth-order valence-corrected chi connectivity index (χ4v) is 2.26. The Labute approximate surface area is 132 Å². The monoisotopic (exact) mass is 296 g/mol. The molecule has 2 amide bonds. The van der Waals surface area contributed by atoms with Gasteiger partial charge in [0, 0.05) is 12.6 Å². The third-order valence-corrected chi connectivity index (χ3v) is 3.66. The molecule has 2 aromatic carbocycles. The van der Waals surface area contributed by atoms with E-state index in [-0.39, 0.29) is 12.1 Å². The van der Waals surface area contributed by atoms with Crippen molar-refractivity contribution in [3.63, 3.8) is 0 Å². The van der Waals surface area contributed by atoms with Crippen molar-refractivity contribution in [3.05, 3.63) is 71.3 Å². The maximum atomic E-state index is 11.9. The Morgan fingerprint density at radius 1 is 1.00 bits per heavy atom. The third-order valence-electron chi connectivity index (χ3n) is 3.66. The Bertz CT molecular complexity index is 578. The largest absolute Gasteiger partial charge is 0.336 e. The van der Waals surface area contributed by atoms with Crippen LogP contribution in [0.15, 0.2) is 54.6 Å². The lowest BCUT2D eigenvalue weighted by atomic mass is 10.1. The number of aryl methyl sites for hydroxylation is 2. The summed E-state index contributed by atoms with van der Waals surface area (Å²) in [6.07, 6.45) is 1.90. The second kappa shape index (κ2) is 8.23. The molecule has 0 fully saturated rings. The average molecular weight is 296 g/mol. The van der Waals surface area contributed by atoms with E-state index < -0.39 is 0 Å². The second-order valence-corrected chi connectivity index (χ2v) is 5.74. The lowest BCUT2D eigenvalue weighted by Gasteiger charge is -2.14. The van der Waals surface area contributed by atoms with Crippen molar-refractivity contribution < 1.29 is 4.79 Å². The number of amides is 2. The van der Waals surface area contributed by atoms with E-state index in [1.165, 1.54) is 11.1 Å². The van der Waals surface area contributed by atoms with E-state index in [1.807, 2.05) is 37.3 Å². The van der Waals surface area contributed by atoms with Gasteiger partial charge in [0.25, 0.3) is 0 Å². The fourth-order valence-electron chi connectivity index (χ4n) is 2.26. The summed E-state index contributed by atoms with van der Waals surface area (Å²) in [5.41, 5.74) is 3.64. The molecule has 22 heavy (non-hydrogen) atoms. The van der Waals surface area contributed by atoms with Crippen LogP contribution in [0.1, 0.15) is 30.0 Å². The Kier molecular flexibility index (Phi) is 6.01. The molecule has 0 saturated carbocycles. The molecule has 0 saturated heterocycles. The minimum absolute atomic E-state index is 0.110. The first kappa shape index (κ1) is 16.1. The van der Waals surface area contributed by atoms with Gasteiger partial charge in [-0.1, -0.05) is 60.2 Å². The molecule has 0 radical (unpaired) electrons. The van der Waals surface area contributed by atoms with Crippen LogP contribution in [-0.4, -0.2) is 12.1 Å². The predicted molar refractivity (Wildman–Crippen MR) is 90.8 cm³/mol. The van der Waals surface area contributed by atoms with Crippen LogP contribution in [0.4, 0.5) is 4.79 Å². The van der Waals surface area contributed by atoms with Crippen molar-refractivity contribution in [2.24, 2.45) is 0 Å². The van der Waals surface area contributed by atoms with Gasteiger partial charge >= 0.3 is 6.03 Å². The van der Waals surface area contributed by atoms with Crippen molar-refractivity contribution in [2.45, 2.75) is 39.3 Å². The molecule has 0 bridgehead atoms. The minimum Gasteiger partial charge on any atom is -0.336 e. The van der Waals surface area contributed by atoms with Gasteiger partial charge in [0.2, 0.25) is 0 Å². The van der Waals surface area contributed by atoms with Crippen molar-refractivity contribution in [1.29, 1.82) is 0 Å². The van der Waals surface area contributed by atoms with Gasteiger partial charge in [0.05, 0.1) is 0 Å². The highest BCUT2D eigenvalue weighted by molar-refractivity contribution is 5.74. The van der Waals surface area contributed by atoms with E-state index >= 15 is 0 Å². The highest BCUT2D eigenvalue weighted by atomic mass is 16.2. The Morgan fingerprint density at radius 2 is 1.68 bits per heavy atom. The number of hydrogen-bond donors (Lipinski definition) is 2. The van der Waals surface area contributed by atoms with Crippen LogP contribution in [0.3, 0.4) is 0 Å². The third kappa shape index (κ3) is 5.60. The Balaban J connectivity index is 1.68. The summed E-state index contributed by atoms with van der Waals surface area (Å²) in [5, 5.41) is 5.88. The molecule has 1 unspecified atom stereocenters. The van der Waals surface area contributed by atoms with Crippen LogP contribution < -0.4 is 10.6 Å². The smallest absolute Gasteiger partial charge is 0.315 e. The van der Waals surface area contributed by atoms with Gasteiger partial charge in [-0.05, 0) is 37.8 Å². The van der Waals surface area contributed by atoms with Crippen LogP contribution in [-0.2, 0) is 13.0 Å².